The first kappa shape index (κ1) is 9.14. The van der Waals surface area contributed by atoms with Gasteiger partial charge >= 0.3 is 5.97 Å². The van der Waals surface area contributed by atoms with Gasteiger partial charge in [-0.1, -0.05) is 0 Å². The molecule has 1 N–H and O–H groups in total. The van der Waals surface area contributed by atoms with Crippen molar-refractivity contribution >= 4 is 32.8 Å². The summed E-state index contributed by atoms with van der Waals surface area (Å²) in [7, 11) is 1.31. The number of esters is 1. The molecule has 14 heavy (non-hydrogen) atoms. The highest BCUT2D eigenvalue weighted by atomic mass is 79.9. The van der Waals surface area contributed by atoms with E-state index in [0.29, 0.717) is 5.52 Å². The lowest BCUT2D eigenvalue weighted by Crippen LogP contribution is -2.03. The number of hydrogen-bond acceptors (Lipinski definition) is 4. The summed E-state index contributed by atoms with van der Waals surface area (Å²) >= 11 is 3.27. The van der Waals surface area contributed by atoms with Crippen molar-refractivity contribution in [2.24, 2.45) is 0 Å². The monoisotopic (exact) mass is 255 g/mol. The Morgan fingerprint density at radius 1 is 1.64 bits per heavy atom. The number of methoxy groups -OCH3 is 1. The zero-order chi connectivity index (χ0) is 10.1. The van der Waals surface area contributed by atoms with Crippen molar-refractivity contribution in [2.75, 3.05) is 7.11 Å². The van der Waals surface area contributed by atoms with E-state index in [1.807, 2.05) is 0 Å². The van der Waals surface area contributed by atoms with Crippen LogP contribution in [0.15, 0.2) is 16.9 Å². The van der Waals surface area contributed by atoms with Crippen LogP contribution in [-0.2, 0) is 4.74 Å². The maximum Gasteiger partial charge on any atom is 0.356 e. The second-order valence-electron chi connectivity index (χ2n) is 2.62. The number of H-pyrrole nitrogens is 1. The molecule has 0 saturated heterocycles. The molecule has 0 spiro atoms. The van der Waals surface area contributed by atoms with Gasteiger partial charge in [0.15, 0.2) is 5.69 Å². The summed E-state index contributed by atoms with van der Waals surface area (Å²) in [5.74, 6) is -0.467. The lowest BCUT2D eigenvalue weighted by Gasteiger charge is -1.96. The molecule has 0 saturated carbocycles. The van der Waals surface area contributed by atoms with Crippen LogP contribution < -0.4 is 0 Å². The van der Waals surface area contributed by atoms with Crippen LogP contribution in [0.5, 0.6) is 0 Å². The second-order valence-corrected chi connectivity index (χ2v) is 3.41. The summed E-state index contributed by atoms with van der Waals surface area (Å²) in [6.07, 6.45) is 1.56. The molecule has 72 valence electrons. The number of halogens is 1. The SMILES string of the molecule is COC(=O)c1cc2n[nH]c(Br)c2cn1. The number of aromatic amines is 1. The van der Waals surface area contributed by atoms with Gasteiger partial charge in [-0.15, -0.1) is 0 Å². The third kappa shape index (κ3) is 1.37. The van der Waals surface area contributed by atoms with E-state index >= 15 is 0 Å². The molecule has 0 amide bonds. The van der Waals surface area contributed by atoms with Crippen LogP contribution in [0.1, 0.15) is 10.5 Å². The van der Waals surface area contributed by atoms with Crippen molar-refractivity contribution < 1.29 is 9.53 Å². The molecule has 2 rings (SSSR count). The highest BCUT2D eigenvalue weighted by Crippen LogP contribution is 2.20. The number of fused-ring (bicyclic) bond motifs is 1. The standard InChI is InChI=1S/C8H6BrN3O2/c1-14-8(13)6-2-5-4(3-10-6)7(9)12-11-5/h2-3H,1H3,(H,11,12). The Labute approximate surface area is 87.6 Å². The minimum absolute atomic E-state index is 0.249. The Kier molecular flexibility index (Phi) is 2.20. The number of rotatable bonds is 1. The fraction of sp³-hybridized carbons (Fsp3) is 0.125. The van der Waals surface area contributed by atoms with Gasteiger partial charge in [0.25, 0.3) is 0 Å². The number of nitrogens with zero attached hydrogens (tertiary/aromatic N) is 2. The van der Waals surface area contributed by atoms with Gasteiger partial charge in [-0.05, 0) is 22.0 Å². The molecule has 0 radical (unpaired) electrons. The quantitative estimate of drug-likeness (QED) is 0.785. The second kappa shape index (κ2) is 3.38. The average molecular weight is 256 g/mol. The molecule has 5 nitrogen and oxygen atoms in total. The minimum atomic E-state index is -0.467. The summed E-state index contributed by atoms with van der Waals surface area (Å²) in [6, 6.07) is 1.57. The molecule has 2 aromatic heterocycles. The number of pyridine rings is 1. The van der Waals surface area contributed by atoms with Crippen LogP contribution in [0.4, 0.5) is 0 Å². The van der Waals surface area contributed by atoms with Crippen molar-refractivity contribution in [1.29, 1.82) is 0 Å². The van der Waals surface area contributed by atoms with Crippen molar-refractivity contribution in [3.05, 3.63) is 22.6 Å². The summed E-state index contributed by atoms with van der Waals surface area (Å²) in [5.41, 5.74) is 0.922. The molecular weight excluding hydrogens is 250 g/mol. The first-order chi connectivity index (χ1) is 6.72. The fourth-order valence-electron chi connectivity index (χ4n) is 1.09. The molecule has 0 aliphatic carbocycles. The molecule has 6 heteroatoms. The van der Waals surface area contributed by atoms with Gasteiger partial charge in [-0.2, -0.15) is 5.10 Å². The zero-order valence-electron chi connectivity index (χ0n) is 7.24. The van der Waals surface area contributed by atoms with Gasteiger partial charge in [0.2, 0.25) is 0 Å². The lowest BCUT2D eigenvalue weighted by atomic mass is 10.3. The van der Waals surface area contributed by atoms with Gasteiger partial charge < -0.3 is 4.74 Å². The molecule has 0 fully saturated rings. The van der Waals surface area contributed by atoms with Crippen LogP contribution in [0, 0.1) is 0 Å². The lowest BCUT2D eigenvalue weighted by molar-refractivity contribution is 0.0594. The number of ether oxygens (including phenoxy) is 1. The molecule has 2 heterocycles. The van der Waals surface area contributed by atoms with E-state index in [4.69, 9.17) is 0 Å². The summed E-state index contributed by atoms with van der Waals surface area (Å²) in [5, 5.41) is 7.54. The van der Waals surface area contributed by atoms with Crippen molar-refractivity contribution in [3.8, 4) is 0 Å². The summed E-state index contributed by atoms with van der Waals surface area (Å²) in [6.45, 7) is 0. The molecule has 0 aromatic carbocycles. The summed E-state index contributed by atoms with van der Waals surface area (Å²) in [4.78, 5) is 15.1. The van der Waals surface area contributed by atoms with Crippen LogP contribution in [0.3, 0.4) is 0 Å². The molecule has 0 aliphatic heterocycles. The summed E-state index contributed by atoms with van der Waals surface area (Å²) < 4.78 is 5.29. The number of aromatic nitrogens is 3. The molecule has 2 aromatic rings. The first-order valence-electron chi connectivity index (χ1n) is 3.80. The number of carbonyl (C=O) groups is 1. The van der Waals surface area contributed by atoms with E-state index in [9.17, 15) is 4.79 Å². The maximum atomic E-state index is 11.1. The maximum absolute atomic E-state index is 11.1. The smallest absolute Gasteiger partial charge is 0.356 e. The Morgan fingerprint density at radius 3 is 3.14 bits per heavy atom. The molecule has 0 unspecified atom stereocenters. The largest absolute Gasteiger partial charge is 0.464 e. The van der Waals surface area contributed by atoms with Crippen molar-refractivity contribution in [1.82, 2.24) is 15.2 Å². The highest BCUT2D eigenvalue weighted by Gasteiger charge is 2.10. The van der Waals surface area contributed by atoms with E-state index in [-0.39, 0.29) is 5.69 Å². The van der Waals surface area contributed by atoms with Crippen LogP contribution >= 0.6 is 15.9 Å². The Morgan fingerprint density at radius 2 is 2.43 bits per heavy atom. The molecular formula is C8H6BrN3O2. The normalized spacial score (nSPS) is 10.4. The number of carbonyl (C=O) groups excluding carboxylic acids is 1. The third-order valence-electron chi connectivity index (χ3n) is 1.79. The van der Waals surface area contributed by atoms with Crippen LogP contribution in [0.2, 0.25) is 0 Å². The Hall–Kier alpha value is -1.43. The Balaban J connectivity index is 2.57. The predicted molar refractivity (Wildman–Crippen MR) is 52.9 cm³/mol. The first-order valence-corrected chi connectivity index (χ1v) is 4.59. The van der Waals surface area contributed by atoms with E-state index in [1.165, 1.54) is 7.11 Å². The van der Waals surface area contributed by atoms with E-state index in [0.717, 1.165) is 9.99 Å². The number of nitrogens with one attached hydrogen (secondary N) is 1. The van der Waals surface area contributed by atoms with Crippen LogP contribution in [0.25, 0.3) is 10.9 Å². The fourth-order valence-corrected chi connectivity index (χ4v) is 1.49. The van der Waals surface area contributed by atoms with Gasteiger partial charge in [0, 0.05) is 6.20 Å². The van der Waals surface area contributed by atoms with Crippen LogP contribution in [-0.4, -0.2) is 28.3 Å². The number of hydrogen-bond donors (Lipinski definition) is 1. The highest BCUT2D eigenvalue weighted by molar-refractivity contribution is 9.10. The molecule has 0 bridgehead atoms. The van der Waals surface area contributed by atoms with Gasteiger partial charge in [-0.3, -0.25) is 5.10 Å². The van der Waals surface area contributed by atoms with Crippen molar-refractivity contribution in [2.45, 2.75) is 0 Å². The van der Waals surface area contributed by atoms with Gasteiger partial charge in [0.05, 0.1) is 18.0 Å². The van der Waals surface area contributed by atoms with E-state index in [1.54, 1.807) is 12.3 Å². The topological polar surface area (TPSA) is 67.9 Å². The van der Waals surface area contributed by atoms with Gasteiger partial charge in [0.1, 0.15) is 4.60 Å². The minimum Gasteiger partial charge on any atom is -0.464 e. The van der Waals surface area contributed by atoms with E-state index in [2.05, 4.69) is 35.8 Å². The van der Waals surface area contributed by atoms with Gasteiger partial charge in [-0.25, -0.2) is 9.78 Å². The third-order valence-corrected chi connectivity index (χ3v) is 2.39. The van der Waals surface area contributed by atoms with Crippen molar-refractivity contribution in [3.63, 3.8) is 0 Å². The van der Waals surface area contributed by atoms with E-state index < -0.39 is 5.97 Å². The Bertz CT molecular complexity index is 494. The zero-order valence-corrected chi connectivity index (χ0v) is 8.83. The molecule has 0 aliphatic rings. The molecule has 0 atom stereocenters. The average Bonchev–Trinajstić information content (AvgIpc) is 2.59. The predicted octanol–water partition coefficient (Wildman–Crippen LogP) is 1.51.